The van der Waals surface area contributed by atoms with Crippen LogP contribution in [0.25, 0.3) is 0 Å². The highest BCUT2D eigenvalue weighted by atomic mass is 16.4. The number of rotatable bonds is 8. The molecule has 0 bridgehead atoms. The highest BCUT2D eigenvalue weighted by molar-refractivity contribution is 5.66. The van der Waals surface area contributed by atoms with Crippen LogP contribution in [0.1, 0.15) is 64.2 Å². The summed E-state index contributed by atoms with van der Waals surface area (Å²) < 4.78 is 0. The SMILES string of the molecule is O=C(O)CCC1CC(NCC2CCCCC2)CN(CC2CC2)C1. The first-order valence-corrected chi connectivity index (χ1v) is 9.86. The Morgan fingerprint density at radius 3 is 2.48 bits per heavy atom. The van der Waals surface area contributed by atoms with Crippen molar-refractivity contribution in [3.63, 3.8) is 0 Å². The first kappa shape index (κ1) is 17.2. The van der Waals surface area contributed by atoms with E-state index in [0.29, 0.717) is 18.4 Å². The van der Waals surface area contributed by atoms with E-state index in [0.717, 1.165) is 24.8 Å². The number of nitrogens with zero attached hydrogens (tertiary/aromatic N) is 1. The van der Waals surface area contributed by atoms with E-state index < -0.39 is 5.97 Å². The molecule has 0 spiro atoms. The number of piperidine rings is 1. The van der Waals surface area contributed by atoms with Gasteiger partial charge in [0.05, 0.1) is 0 Å². The summed E-state index contributed by atoms with van der Waals surface area (Å²) in [6.45, 7) is 4.71. The summed E-state index contributed by atoms with van der Waals surface area (Å²) in [4.78, 5) is 13.5. The lowest BCUT2D eigenvalue weighted by Crippen LogP contribution is -2.50. The topological polar surface area (TPSA) is 52.6 Å². The van der Waals surface area contributed by atoms with Gasteiger partial charge in [0.25, 0.3) is 0 Å². The molecule has 2 saturated carbocycles. The monoisotopic (exact) mass is 322 g/mol. The molecule has 3 aliphatic rings. The summed E-state index contributed by atoms with van der Waals surface area (Å²) in [7, 11) is 0. The van der Waals surface area contributed by atoms with Crippen molar-refractivity contribution in [2.24, 2.45) is 17.8 Å². The molecule has 23 heavy (non-hydrogen) atoms. The molecule has 3 fully saturated rings. The zero-order chi connectivity index (χ0) is 16.1. The number of hydrogen-bond donors (Lipinski definition) is 2. The van der Waals surface area contributed by atoms with Gasteiger partial charge in [-0.05, 0) is 62.8 Å². The quantitative estimate of drug-likeness (QED) is 0.721. The van der Waals surface area contributed by atoms with Gasteiger partial charge in [0.15, 0.2) is 0 Å². The normalized spacial score (nSPS) is 30.4. The van der Waals surface area contributed by atoms with E-state index >= 15 is 0 Å². The molecule has 2 atom stereocenters. The van der Waals surface area contributed by atoms with Crippen LogP contribution in [0.15, 0.2) is 0 Å². The molecule has 4 heteroatoms. The molecule has 1 saturated heterocycles. The number of carboxylic acid groups (broad SMARTS) is 1. The lowest BCUT2D eigenvalue weighted by atomic mass is 9.87. The predicted octanol–water partition coefficient (Wildman–Crippen LogP) is 3.12. The zero-order valence-electron chi connectivity index (χ0n) is 14.5. The van der Waals surface area contributed by atoms with Gasteiger partial charge in [-0.25, -0.2) is 0 Å². The maximum absolute atomic E-state index is 10.9. The number of carboxylic acids is 1. The van der Waals surface area contributed by atoms with E-state index in [-0.39, 0.29) is 0 Å². The van der Waals surface area contributed by atoms with Gasteiger partial charge < -0.3 is 15.3 Å². The molecule has 0 aromatic carbocycles. The van der Waals surface area contributed by atoms with Crippen LogP contribution in [0.2, 0.25) is 0 Å². The Bertz CT molecular complexity index is 378. The third kappa shape index (κ3) is 6.07. The summed E-state index contributed by atoms with van der Waals surface area (Å²) >= 11 is 0. The second kappa shape index (κ2) is 8.48. The second-order valence-corrected chi connectivity index (χ2v) is 8.31. The molecule has 132 valence electrons. The summed E-state index contributed by atoms with van der Waals surface area (Å²) in [6.07, 6.45) is 12.2. The fourth-order valence-electron chi connectivity index (χ4n) is 4.53. The fourth-order valence-corrected chi connectivity index (χ4v) is 4.53. The van der Waals surface area contributed by atoms with Gasteiger partial charge in [-0.2, -0.15) is 0 Å². The average molecular weight is 322 g/mol. The van der Waals surface area contributed by atoms with Crippen molar-refractivity contribution in [2.75, 3.05) is 26.2 Å². The molecule has 1 heterocycles. The Balaban J connectivity index is 1.46. The van der Waals surface area contributed by atoms with Crippen molar-refractivity contribution in [3.05, 3.63) is 0 Å². The van der Waals surface area contributed by atoms with Crippen molar-refractivity contribution in [1.29, 1.82) is 0 Å². The van der Waals surface area contributed by atoms with E-state index in [2.05, 4.69) is 10.2 Å². The van der Waals surface area contributed by atoms with Gasteiger partial charge in [0.2, 0.25) is 0 Å². The van der Waals surface area contributed by atoms with Crippen LogP contribution >= 0.6 is 0 Å². The number of hydrogen-bond acceptors (Lipinski definition) is 3. The molecule has 2 aliphatic carbocycles. The number of nitrogens with one attached hydrogen (secondary N) is 1. The third-order valence-corrected chi connectivity index (χ3v) is 6.01. The average Bonchev–Trinajstić information content (AvgIpc) is 3.36. The van der Waals surface area contributed by atoms with Crippen LogP contribution in [-0.2, 0) is 4.79 Å². The predicted molar refractivity (Wildman–Crippen MR) is 92.5 cm³/mol. The molecular weight excluding hydrogens is 288 g/mol. The summed E-state index contributed by atoms with van der Waals surface area (Å²) in [6, 6.07) is 0.572. The van der Waals surface area contributed by atoms with E-state index in [1.54, 1.807) is 0 Å². The van der Waals surface area contributed by atoms with Crippen LogP contribution in [0.5, 0.6) is 0 Å². The number of carbonyl (C=O) groups is 1. The van der Waals surface area contributed by atoms with Crippen LogP contribution in [0, 0.1) is 17.8 Å². The van der Waals surface area contributed by atoms with Crippen LogP contribution < -0.4 is 5.32 Å². The molecule has 4 nitrogen and oxygen atoms in total. The maximum atomic E-state index is 10.9. The minimum Gasteiger partial charge on any atom is -0.481 e. The van der Waals surface area contributed by atoms with Gasteiger partial charge >= 0.3 is 5.97 Å². The largest absolute Gasteiger partial charge is 0.481 e. The molecule has 0 amide bonds. The highest BCUT2D eigenvalue weighted by Crippen LogP contribution is 2.32. The second-order valence-electron chi connectivity index (χ2n) is 8.31. The molecule has 2 N–H and O–H groups in total. The Morgan fingerprint density at radius 2 is 1.78 bits per heavy atom. The molecule has 1 aliphatic heterocycles. The minimum absolute atomic E-state index is 0.331. The molecule has 0 aromatic rings. The van der Waals surface area contributed by atoms with E-state index in [1.807, 2.05) is 0 Å². The number of aliphatic carboxylic acids is 1. The van der Waals surface area contributed by atoms with Crippen molar-refractivity contribution < 1.29 is 9.90 Å². The first-order chi connectivity index (χ1) is 11.2. The van der Waals surface area contributed by atoms with Crippen LogP contribution in [0.3, 0.4) is 0 Å². The lowest BCUT2D eigenvalue weighted by molar-refractivity contribution is -0.137. The van der Waals surface area contributed by atoms with Crippen molar-refractivity contribution in [3.8, 4) is 0 Å². The molecule has 2 unspecified atom stereocenters. The third-order valence-electron chi connectivity index (χ3n) is 6.01. The molecule has 0 radical (unpaired) electrons. The standard InChI is InChI=1S/C19H34N2O2/c22-19(23)9-8-17-10-18(14-21(13-17)12-16-6-7-16)20-11-15-4-2-1-3-5-15/h15-18,20H,1-14H2,(H,22,23). The lowest BCUT2D eigenvalue weighted by Gasteiger charge is -2.39. The van der Waals surface area contributed by atoms with E-state index in [4.69, 9.17) is 5.11 Å². The van der Waals surface area contributed by atoms with Gasteiger partial charge in [-0.1, -0.05) is 19.3 Å². The fraction of sp³-hybridized carbons (Fsp3) is 0.947. The Labute approximate surface area is 141 Å². The van der Waals surface area contributed by atoms with Gasteiger partial charge in [0.1, 0.15) is 0 Å². The Morgan fingerprint density at radius 1 is 1.00 bits per heavy atom. The smallest absolute Gasteiger partial charge is 0.303 e. The Kier molecular flexibility index (Phi) is 6.35. The van der Waals surface area contributed by atoms with Gasteiger partial charge in [-0.15, -0.1) is 0 Å². The van der Waals surface area contributed by atoms with Crippen LogP contribution in [-0.4, -0.2) is 48.2 Å². The van der Waals surface area contributed by atoms with E-state index in [1.165, 1.54) is 71.0 Å². The highest BCUT2D eigenvalue weighted by Gasteiger charge is 2.31. The van der Waals surface area contributed by atoms with E-state index in [9.17, 15) is 4.79 Å². The Hall–Kier alpha value is -0.610. The van der Waals surface area contributed by atoms with Gasteiger partial charge in [-0.3, -0.25) is 4.79 Å². The maximum Gasteiger partial charge on any atom is 0.303 e. The molecule has 0 aromatic heterocycles. The van der Waals surface area contributed by atoms with Crippen LogP contribution in [0.4, 0.5) is 0 Å². The minimum atomic E-state index is -0.643. The van der Waals surface area contributed by atoms with Crippen molar-refractivity contribution >= 4 is 5.97 Å². The summed E-state index contributed by atoms with van der Waals surface area (Å²) in [5.41, 5.74) is 0. The summed E-state index contributed by atoms with van der Waals surface area (Å²) in [5, 5.41) is 12.8. The van der Waals surface area contributed by atoms with Crippen molar-refractivity contribution in [2.45, 2.75) is 70.3 Å². The van der Waals surface area contributed by atoms with Gasteiger partial charge in [0, 0.05) is 32.1 Å². The first-order valence-electron chi connectivity index (χ1n) is 9.86. The van der Waals surface area contributed by atoms with Crippen molar-refractivity contribution in [1.82, 2.24) is 10.2 Å². The summed E-state index contributed by atoms with van der Waals surface area (Å²) in [5.74, 6) is 1.71. The zero-order valence-corrected chi connectivity index (χ0v) is 14.5. The molecular formula is C19H34N2O2. The molecule has 3 rings (SSSR count). The number of likely N-dealkylation sites (tertiary alicyclic amines) is 1.